The first kappa shape index (κ1) is 23.3. The van der Waals surface area contributed by atoms with Crippen LogP contribution in [0.4, 0.5) is 0 Å². The molecule has 0 aromatic heterocycles. The van der Waals surface area contributed by atoms with Crippen molar-refractivity contribution in [3.63, 3.8) is 0 Å². The van der Waals surface area contributed by atoms with Crippen LogP contribution in [0.25, 0.3) is 11.1 Å². The molecule has 3 aromatic carbocycles. The minimum absolute atomic E-state index is 0.195. The average molecular weight is 472 g/mol. The zero-order valence-corrected chi connectivity index (χ0v) is 20.4. The Morgan fingerprint density at radius 2 is 1.69 bits per heavy atom. The molecule has 0 bridgehead atoms. The highest BCUT2D eigenvalue weighted by molar-refractivity contribution is 5.95. The lowest BCUT2D eigenvalue weighted by Crippen LogP contribution is -2.35. The minimum atomic E-state index is -0.349. The van der Waals surface area contributed by atoms with Gasteiger partial charge in [-0.05, 0) is 97.9 Å². The second kappa shape index (κ2) is 10.0. The highest BCUT2D eigenvalue weighted by Crippen LogP contribution is 2.47. The Labute approximate surface area is 207 Å². The van der Waals surface area contributed by atoms with Crippen molar-refractivity contribution in [1.82, 2.24) is 4.90 Å². The lowest BCUT2D eigenvalue weighted by atomic mass is 9.86. The molecule has 1 fully saturated rings. The van der Waals surface area contributed by atoms with Gasteiger partial charge in [0.15, 0.2) is 0 Å². The topological polar surface area (TPSA) is 62.2 Å². The predicted octanol–water partition coefficient (Wildman–Crippen LogP) is 6.27. The van der Waals surface area contributed by atoms with E-state index in [9.17, 15) is 10.2 Å². The Morgan fingerprint density at radius 1 is 0.943 bits per heavy atom. The van der Waals surface area contributed by atoms with Gasteiger partial charge in [-0.25, -0.2) is 0 Å². The summed E-state index contributed by atoms with van der Waals surface area (Å²) in [7, 11) is 0. The van der Waals surface area contributed by atoms with Crippen LogP contribution in [-0.2, 0) is 0 Å². The summed E-state index contributed by atoms with van der Waals surface area (Å²) in [6, 6.07) is 20.5. The molecule has 2 aliphatic heterocycles. The van der Waals surface area contributed by atoms with E-state index in [1.54, 1.807) is 30.3 Å². The summed E-state index contributed by atoms with van der Waals surface area (Å²) in [4.78, 5) is 2.48. The number of nitrogens with zero attached hydrogens (tertiary/aromatic N) is 1. The summed E-state index contributed by atoms with van der Waals surface area (Å²) in [5.41, 5.74) is 4.71. The van der Waals surface area contributed by atoms with Gasteiger partial charge in [-0.2, -0.15) is 0 Å². The number of aromatic hydroxyl groups is 2. The Morgan fingerprint density at radius 3 is 2.43 bits per heavy atom. The van der Waals surface area contributed by atoms with Gasteiger partial charge >= 0.3 is 0 Å². The number of allylic oxidation sites excluding steroid dienone is 1. The molecule has 5 heteroatoms. The van der Waals surface area contributed by atoms with Crippen molar-refractivity contribution in [3.8, 4) is 23.0 Å². The Balaban J connectivity index is 1.37. The zero-order chi connectivity index (χ0) is 24.4. The van der Waals surface area contributed by atoms with Crippen LogP contribution in [0.2, 0.25) is 0 Å². The molecule has 2 N–H and O–H groups in total. The molecule has 2 heterocycles. The van der Waals surface area contributed by atoms with E-state index in [2.05, 4.69) is 11.8 Å². The molecule has 5 nitrogen and oxygen atoms in total. The molecule has 0 spiro atoms. The van der Waals surface area contributed by atoms with E-state index in [0.717, 1.165) is 64.9 Å². The van der Waals surface area contributed by atoms with E-state index in [4.69, 9.17) is 9.47 Å². The maximum Gasteiger partial charge on any atom is 0.150 e. The summed E-state index contributed by atoms with van der Waals surface area (Å²) in [5, 5.41) is 20.2. The van der Waals surface area contributed by atoms with Crippen LogP contribution in [0.1, 0.15) is 49.5 Å². The summed E-state index contributed by atoms with van der Waals surface area (Å²) in [6.07, 6.45) is 2.19. The number of piperidine rings is 1. The molecule has 2 aliphatic rings. The number of benzene rings is 3. The smallest absolute Gasteiger partial charge is 0.150 e. The normalized spacial score (nSPS) is 18.7. The van der Waals surface area contributed by atoms with E-state index >= 15 is 0 Å². The van der Waals surface area contributed by atoms with Crippen LogP contribution < -0.4 is 9.47 Å². The monoisotopic (exact) mass is 471 g/mol. The first-order chi connectivity index (χ1) is 17.0. The van der Waals surface area contributed by atoms with Crippen molar-refractivity contribution in [2.24, 2.45) is 5.92 Å². The molecule has 0 aliphatic carbocycles. The number of phenols is 2. The van der Waals surface area contributed by atoms with Gasteiger partial charge in [-0.15, -0.1) is 0 Å². The number of hydrogen-bond acceptors (Lipinski definition) is 5. The summed E-state index contributed by atoms with van der Waals surface area (Å²) in [6.45, 7) is 8.31. The molecule has 0 amide bonds. The summed E-state index contributed by atoms with van der Waals surface area (Å²) in [5.74, 6) is 2.81. The Bertz CT molecular complexity index is 1210. The molecular weight excluding hydrogens is 438 g/mol. The average Bonchev–Trinajstić information content (AvgIpc) is 2.86. The Kier molecular flexibility index (Phi) is 6.69. The number of ether oxygens (including phenoxy) is 2. The van der Waals surface area contributed by atoms with Crippen molar-refractivity contribution in [3.05, 3.63) is 83.4 Å². The lowest BCUT2D eigenvalue weighted by molar-refractivity contribution is 0.160. The van der Waals surface area contributed by atoms with Gasteiger partial charge < -0.3 is 19.7 Å². The van der Waals surface area contributed by atoms with Gasteiger partial charge in [0.25, 0.3) is 0 Å². The molecule has 1 saturated heterocycles. The van der Waals surface area contributed by atoms with Gasteiger partial charge in [0.1, 0.15) is 35.7 Å². The van der Waals surface area contributed by atoms with Crippen LogP contribution in [0.3, 0.4) is 0 Å². The van der Waals surface area contributed by atoms with E-state index < -0.39 is 0 Å². The fourth-order valence-corrected chi connectivity index (χ4v) is 5.03. The summed E-state index contributed by atoms with van der Waals surface area (Å²) >= 11 is 0. The molecule has 0 radical (unpaired) electrons. The van der Waals surface area contributed by atoms with Gasteiger partial charge in [0, 0.05) is 17.7 Å². The van der Waals surface area contributed by atoms with Gasteiger partial charge in [-0.1, -0.05) is 31.2 Å². The molecule has 3 aromatic rings. The fraction of sp³-hybridized carbons (Fsp3) is 0.333. The third kappa shape index (κ3) is 5.15. The molecular formula is C30H33NO4. The second-order valence-corrected chi connectivity index (χ2v) is 9.71. The first-order valence-electron chi connectivity index (χ1n) is 12.4. The number of likely N-dealkylation sites (tertiary alicyclic amines) is 1. The lowest BCUT2D eigenvalue weighted by Gasteiger charge is -2.31. The van der Waals surface area contributed by atoms with E-state index in [0.29, 0.717) is 6.61 Å². The number of fused-ring (bicyclic) bond motifs is 1. The Hall–Kier alpha value is -3.44. The van der Waals surface area contributed by atoms with Crippen LogP contribution >= 0.6 is 0 Å². The van der Waals surface area contributed by atoms with E-state index in [-0.39, 0.29) is 17.6 Å². The van der Waals surface area contributed by atoms with Crippen LogP contribution in [0.15, 0.2) is 66.7 Å². The maximum absolute atomic E-state index is 10.1. The standard InChI is InChI=1S/C30H33NO4/c1-20-12-14-31(15-13-20)16-17-34-26-9-6-22(7-10-26)30-29(23-4-3-5-24(32)18-23)21(2)27-19-25(33)8-11-28(27)35-30/h3-11,18-20,30,32-33H,12-17H2,1-2H3. The minimum Gasteiger partial charge on any atom is -0.508 e. The second-order valence-electron chi connectivity index (χ2n) is 9.71. The number of rotatable bonds is 6. The molecule has 35 heavy (non-hydrogen) atoms. The van der Waals surface area contributed by atoms with E-state index in [1.807, 2.05) is 43.3 Å². The van der Waals surface area contributed by atoms with Crippen molar-refractivity contribution in [2.45, 2.75) is 32.8 Å². The molecule has 0 saturated carbocycles. The van der Waals surface area contributed by atoms with Crippen LogP contribution in [0.5, 0.6) is 23.0 Å². The highest BCUT2D eigenvalue weighted by Gasteiger charge is 2.29. The molecule has 1 unspecified atom stereocenters. The van der Waals surface area contributed by atoms with E-state index in [1.165, 1.54) is 12.8 Å². The van der Waals surface area contributed by atoms with Crippen molar-refractivity contribution in [1.29, 1.82) is 0 Å². The number of phenolic OH excluding ortho intramolecular Hbond substituents is 2. The van der Waals surface area contributed by atoms with Gasteiger partial charge in [-0.3, -0.25) is 4.90 Å². The SMILES string of the molecule is CC1=C(c2cccc(O)c2)C(c2ccc(OCCN3CCC(C)CC3)cc2)Oc2ccc(O)cc21. The predicted molar refractivity (Wildman–Crippen MR) is 139 cm³/mol. The van der Waals surface area contributed by atoms with Gasteiger partial charge in [0.05, 0.1) is 0 Å². The summed E-state index contributed by atoms with van der Waals surface area (Å²) < 4.78 is 12.5. The maximum atomic E-state index is 10.1. The fourth-order valence-electron chi connectivity index (χ4n) is 5.03. The largest absolute Gasteiger partial charge is 0.508 e. The third-order valence-electron chi connectivity index (χ3n) is 7.17. The quantitative estimate of drug-likeness (QED) is 0.443. The third-order valence-corrected chi connectivity index (χ3v) is 7.17. The molecule has 1 atom stereocenters. The molecule has 5 rings (SSSR count). The highest BCUT2D eigenvalue weighted by atomic mass is 16.5. The van der Waals surface area contributed by atoms with Gasteiger partial charge in [0.2, 0.25) is 0 Å². The first-order valence-corrected chi connectivity index (χ1v) is 12.4. The molecule has 182 valence electrons. The zero-order valence-electron chi connectivity index (χ0n) is 20.4. The van der Waals surface area contributed by atoms with Crippen molar-refractivity contribution in [2.75, 3.05) is 26.2 Å². The van der Waals surface area contributed by atoms with Crippen molar-refractivity contribution < 1.29 is 19.7 Å². The van der Waals surface area contributed by atoms with Crippen LogP contribution in [-0.4, -0.2) is 41.4 Å². The van der Waals surface area contributed by atoms with Crippen LogP contribution in [0, 0.1) is 5.92 Å². The number of hydrogen-bond donors (Lipinski definition) is 2. The van der Waals surface area contributed by atoms with Crippen molar-refractivity contribution >= 4 is 11.1 Å².